The number of halogens is 3. The van der Waals surface area contributed by atoms with E-state index in [4.69, 9.17) is 5.73 Å². The second kappa shape index (κ2) is 4.52. The van der Waals surface area contributed by atoms with Gasteiger partial charge in [-0.3, -0.25) is 14.5 Å². The van der Waals surface area contributed by atoms with Crippen LogP contribution in [0.4, 0.5) is 19.0 Å². The minimum absolute atomic E-state index is 0.172. The predicted molar refractivity (Wildman–Crippen MR) is 58.9 cm³/mol. The molecule has 0 bridgehead atoms. The van der Waals surface area contributed by atoms with E-state index in [1.54, 1.807) is 0 Å². The summed E-state index contributed by atoms with van der Waals surface area (Å²) in [5, 5.41) is 0. The van der Waals surface area contributed by atoms with Gasteiger partial charge in [0.2, 0.25) is 11.8 Å². The Balaban J connectivity index is 2.38. The van der Waals surface area contributed by atoms with Gasteiger partial charge in [-0.2, -0.15) is 13.2 Å². The van der Waals surface area contributed by atoms with E-state index in [0.29, 0.717) is 0 Å². The first-order valence-electron chi connectivity index (χ1n) is 5.42. The maximum Gasteiger partial charge on any atom is 0.419 e. The molecule has 1 aliphatic rings. The van der Waals surface area contributed by atoms with Crippen LogP contribution in [0.1, 0.15) is 12.0 Å². The third kappa shape index (κ3) is 2.51. The molecule has 2 amide bonds. The molecule has 1 aliphatic heterocycles. The normalized spacial score (nSPS) is 19.8. The van der Waals surface area contributed by atoms with Gasteiger partial charge in [-0.25, -0.2) is 4.98 Å². The van der Waals surface area contributed by atoms with Crippen LogP contribution in [-0.2, 0) is 15.8 Å². The number of rotatable bonds is 2. The summed E-state index contributed by atoms with van der Waals surface area (Å²) in [6, 6.07) is 1.98. The molecule has 2 heterocycles. The average molecular weight is 273 g/mol. The Bertz CT molecular complexity index is 530. The van der Waals surface area contributed by atoms with Gasteiger partial charge in [0.25, 0.3) is 0 Å². The lowest BCUT2D eigenvalue weighted by Gasteiger charge is -2.19. The fourth-order valence-electron chi connectivity index (χ4n) is 1.94. The molecule has 19 heavy (non-hydrogen) atoms. The number of alkyl halides is 3. The highest BCUT2D eigenvalue weighted by molar-refractivity contribution is 5.99. The highest BCUT2D eigenvalue weighted by Crippen LogP contribution is 2.37. The minimum atomic E-state index is -4.62. The van der Waals surface area contributed by atoms with E-state index in [0.717, 1.165) is 23.2 Å². The molecule has 1 atom stereocenters. The van der Waals surface area contributed by atoms with Crippen molar-refractivity contribution >= 4 is 17.6 Å². The Morgan fingerprint density at radius 1 is 1.47 bits per heavy atom. The standard InChI is InChI=1S/C11H10F3N3O2/c12-11(13,14)7-2-1-3-16-10(7)17-5-6(9(15)19)4-8(17)18/h1-3,6H,4-5H2,(H2,15,19). The lowest BCUT2D eigenvalue weighted by Crippen LogP contribution is -2.30. The largest absolute Gasteiger partial charge is 0.419 e. The number of nitrogens with two attached hydrogens (primary N) is 1. The van der Waals surface area contributed by atoms with Gasteiger partial charge in [-0.05, 0) is 12.1 Å². The third-order valence-corrected chi connectivity index (χ3v) is 2.88. The summed E-state index contributed by atoms with van der Waals surface area (Å²) in [5.41, 5.74) is 4.06. The number of hydrogen-bond donors (Lipinski definition) is 1. The SMILES string of the molecule is NC(=O)C1CC(=O)N(c2ncccc2C(F)(F)F)C1. The molecule has 102 valence electrons. The molecule has 1 aromatic rings. The van der Waals surface area contributed by atoms with Crippen molar-refractivity contribution in [3.63, 3.8) is 0 Å². The van der Waals surface area contributed by atoms with Crippen molar-refractivity contribution in [2.75, 3.05) is 11.4 Å². The number of nitrogens with zero attached hydrogens (tertiary/aromatic N) is 2. The van der Waals surface area contributed by atoms with E-state index >= 15 is 0 Å². The van der Waals surface area contributed by atoms with Gasteiger partial charge in [0.15, 0.2) is 0 Å². The van der Waals surface area contributed by atoms with E-state index < -0.39 is 35.3 Å². The zero-order valence-electron chi connectivity index (χ0n) is 9.65. The van der Waals surface area contributed by atoms with E-state index in [-0.39, 0.29) is 13.0 Å². The number of carbonyl (C=O) groups is 2. The van der Waals surface area contributed by atoms with Crippen LogP contribution in [0.2, 0.25) is 0 Å². The summed E-state index contributed by atoms with van der Waals surface area (Å²) >= 11 is 0. The molecular weight excluding hydrogens is 263 g/mol. The second-order valence-electron chi connectivity index (χ2n) is 4.18. The van der Waals surface area contributed by atoms with Crippen LogP contribution in [0, 0.1) is 5.92 Å². The number of primary amides is 1. The first kappa shape index (κ1) is 13.3. The van der Waals surface area contributed by atoms with E-state index in [1.807, 2.05) is 0 Å². The molecule has 2 N–H and O–H groups in total. The molecule has 1 fully saturated rings. The summed E-state index contributed by atoms with van der Waals surface area (Å²) in [7, 11) is 0. The van der Waals surface area contributed by atoms with Gasteiger partial charge in [0.1, 0.15) is 5.82 Å². The lowest BCUT2D eigenvalue weighted by atomic mass is 10.1. The number of carbonyl (C=O) groups excluding carboxylic acids is 2. The van der Waals surface area contributed by atoms with Crippen LogP contribution in [0.15, 0.2) is 18.3 Å². The first-order valence-corrected chi connectivity index (χ1v) is 5.42. The fourth-order valence-corrected chi connectivity index (χ4v) is 1.94. The van der Waals surface area contributed by atoms with Gasteiger partial charge in [0.05, 0.1) is 11.5 Å². The molecule has 1 saturated heterocycles. The molecule has 0 aromatic carbocycles. The summed E-state index contributed by atoms with van der Waals surface area (Å²) in [4.78, 5) is 27.1. The van der Waals surface area contributed by atoms with Gasteiger partial charge in [-0.1, -0.05) is 0 Å². The highest BCUT2D eigenvalue weighted by Gasteiger charge is 2.41. The van der Waals surface area contributed by atoms with Crippen molar-refractivity contribution in [2.45, 2.75) is 12.6 Å². The van der Waals surface area contributed by atoms with E-state index in [2.05, 4.69) is 4.98 Å². The van der Waals surface area contributed by atoms with Crippen LogP contribution >= 0.6 is 0 Å². The van der Waals surface area contributed by atoms with Crippen LogP contribution in [0.5, 0.6) is 0 Å². The number of amides is 2. The predicted octanol–water partition coefficient (Wildman–Crippen LogP) is 0.939. The molecule has 2 rings (SSSR count). The van der Waals surface area contributed by atoms with Gasteiger partial charge in [-0.15, -0.1) is 0 Å². The van der Waals surface area contributed by atoms with Gasteiger partial charge < -0.3 is 5.73 Å². The zero-order valence-corrected chi connectivity index (χ0v) is 9.65. The first-order chi connectivity index (χ1) is 8.80. The quantitative estimate of drug-likeness (QED) is 0.871. The minimum Gasteiger partial charge on any atom is -0.369 e. The summed E-state index contributed by atoms with van der Waals surface area (Å²) in [6.07, 6.45) is -3.65. The fraction of sp³-hybridized carbons (Fsp3) is 0.364. The van der Waals surface area contributed by atoms with E-state index in [1.165, 1.54) is 0 Å². The Kier molecular flexibility index (Phi) is 3.17. The van der Waals surface area contributed by atoms with Crippen LogP contribution in [-0.4, -0.2) is 23.3 Å². The molecule has 0 aliphatic carbocycles. The van der Waals surface area contributed by atoms with Crippen molar-refractivity contribution in [3.05, 3.63) is 23.9 Å². The van der Waals surface area contributed by atoms with Gasteiger partial charge >= 0.3 is 6.18 Å². The lowest BCUT2D eigenvalue weighted by molar-refractivity contribution is -0.137. The van der Waals surface area contributed by atoms with Crippen molar-refractivity contribution in [3.8, 4) is 0 Å². The Morgan fingerprint density at radius 2 is 2.16 bits per heavy atom. The smallest absolute Gasteiger partial charge is 0.369 e. The maximum absolute atomic E-state index is 12.8. The topological polar surface area (TPSA) is 76.3 Å². The van der Waals surface area contributed by atoms with Crippen LogP contribution in [0.25, 0.3) is 0 Å². The van der Waals surface area contributed by atoms with Crippen molar-refractivity contribution < 1.29 is 22.8 Å². The highest BCUT2D eigenvalue weighted by atomic mass is 19.4. The summed E-state index contributed by atoms with van der Waals surface area (Å²) in [6.45, 7) is -0.172. The van der Waals surface area contributed by atoms with E-state index in [9.17, 15) is 22.8 Å². The second-order valence-corrected chi connectivity index (χ2v) is 4.18. The molecule has 8 heteroatoms. The summed E-state index contributed by atoms with van der Waals surface area (Å²) in [5.74, 6) is -2.56. The molecule has 0 spiro atoms. The number of pyridine rings is 1. The monoisotopic (exact) mass is 273 g/mol. The number of anilines is 1. The van der Waals surface area contributed by atoms with Crippen molar-refractivity contribution in [2.24, 2.45) is 11.7 Å². The average Bonchev–Trinajstić information content (AvgIpc) is 2.70. The summed E-state index contributed by atoms with van der Waals surface area (Å²) < 4.78 is 38.4. The molecule has 0 saturated carbocycles. The number of hydrogen-bond acceptors (Lipinski definition) is 3. The Labute approximate surface area is 106 Å². The van der Waals surface area contributed by atoms with Gasteiger partial charge in [0, 0.05) is 19.2 Å². The molecule has 1 aromatic heterocycles. The maximum atomic E-state index is 12.8. The van der Waals surface area contributed by atoms with Crippen molar-refractivity contribution in [1.82, 2.24) is 4.98 Å². The van der Waals surface area contributed by atoms with Crippen LogP contribution < -0.4 is 10.6 Å². The molecular formula is C11H10F3N3O2. The Hall–Kier alpha value is -2.12. The molecule has 5 nitrogen and oxygen atoms in total. The van der Waals surface area contributed by atoms with Crippen molar-refractivity contribution in [1.29, 1.82) is 0 Å². The molecule has 1 unspecified atom stereocenters. The number of aromatic nitrogens is 1. The third-order valence-electron chi connectivity index (χ3n) is 2.88. The zero-order chi connectivity index (χ0) is 14.2. The van der Waals surface area contributed by atoms with Crippen LogP contribution in [0.3, 0.4) is 0 Å². The molecule has 0 radical (unpaired) electrons. The Morgan fingerprint density at radius 3 is 2.68 bits per heavy atom.